The Morgan fingerprint density at radius 2 is 1.94 bits per heavy atom. The molecule has 1 atom stereocenters. The Bertz CT molecular complexity index is 1080. The van der Waals surface area contributed by atoms with Crippen LogP contribution in [0.5, 0.6) is 11.5 Å². The maximum absolute atomic E-state index is 12.6. The number of amides is 1. The Hall–Kier alpha value is -3.10. The lowest BCUT2D eigenvalue weighted by atomic mass is 10.0. The zero-order chi connectivity index (χ0) is 22.6. The van der Waals surface area contributed by atoms with Crippen molar-refractivity contribution in [2.45, 2.75) is 38.3 Å². The predicted octanol–water partition coefficient (Wildman–Crippen LogP) is 4.31. The van der Waals surface area contributed by atoms with Crippen molar-refractivity contribution in [1.29, 1.82) is 0 Å². The van der Waals surface area contributed by atoms with Crippen LogP contribution in [0.25, 0.3) is 0 Å². The quantitative estimate of drug-likeness (QED) is 0.543. The maximum atomic E-state index is 12.6. The fourth-order valence-electron chi connectivity index (χ4n) is 4.41. The number of hydrogen-bond acceptors (Lipinski definition) is 7. The molecule has 8 heteroatoms. The Kier molecular flexibility index (Phi) is 6.46. The molecule has 0 radical (unpaired) electrons. The molecular weight excluding hydrogens is 436 g/mol. The van der Waals surface area contributed by atoms with Crippen molar-refractivity contribution in [1.82, 2.24) is 10.3 Å². The molecule has 7 nitrogen and oxygen atoms in total. The summed E-state index contributed by atoms with van der Waals surface area (Å²) >= 11 is 1.72. The first-order valence-electron chi connectivity index (χ1n) is 11.3. The second-order valence-electron chi connectivity index (χ2n) is 8.57. The number of hydrogen-bond donors (Lipinski definition) is 2. The average molecular weight is 465 g/mol. The summed E-state index contributed by atoms with van der Waals surface area (Å²) in [6, 6.07) is 14.3. The highest BCUT2D eigenvalue weighted by Gasteiger charge is 2.21. The number of benzene rings is 2. The number of rotatable bonds is 7. The molecule has 1 amide bonds. The van der Waals surface area contributed by atoms with E-state index in [9.17, 15) is 4.79 Å². The van der Waals surface area contributed by atoms with E-state index in [0.29, 0.717) is 29.1 Å². The standard InChI is InChI=1S/C25H28N4O3S/c1-17(12-22-14-26-15-33-22)27-20-8-10-29(11-9-20)21-5-3-19(4-6-21)28-25(30)18-2-7-23-24(13-18)32-16-31-23/h2-7,13-15,17,20,27H,8-12,16H2,1H3,(H,28,30)/t17-/m1/s1. The van der Waals surface area contributed by atoms with Gasteiger partial charge in [0, 0.05) is 53.2 Å². The fraction of sp³-hybridized carbons (Fsp3) is 0.360. The third kappa shape index (κ3) is 5.29. The number of piperidine rings is 1. The van der Waals surface area contributed by atoms with Gasteiger partial charge in [-0.1, -0.05) is 0 Å². The Labute approximate surface area is 197 Å². The second-order valence-corrected chi connectivity index (χ2v) is 9.54. The Morgan fingerprint density at radius 1 is 1.15 bits per heavy atom. The summed E-state index contributed by atoms with van der Waals surface area (Å²) in [6.07, 6.45) is 5.24. The number of anilines is 2. The van der Waals surface area contributed by atoms with Crippen molar-refractivity contribution in [3.8, 4) is 11.5 Å². The zero-order valence-corrected chi connectivity index (χ0v) is 19.4. The van der Waals surface area contributed by atoms with Gasteiger partial charge < -0.3 is 25.0 Å². The lowest BCUT2D eigenvalue weighted by molar-refractivity contribution is 0.102. The largest absolute Gasteiger partial charge is 0.454 e. The van der Waals surface area contributed by atoms with Crippen molar-refractivity contribution >= 4 is 28.6 Å². The fourth-order valence-corrected chi connectivity index (χ4v) is 5.13. The summed E-state index contributed by atoms with van der Waals surface area (Å²) in [5, 5.41) is 6.74. The van der Waals surface area contributed by atoms with E-state index in [4.69, 9.17) is 9.47 Å². The summed E-state index contributed by atoms with van der Waals surface area (Å²) in [5.74, 6) is 1.11. The van der Waals surface area contributed by atoms with Gasteiger partial charge in [-0.05, 0) is 68.7 Å². The Balaban J connectivity index is 1.11. The van der Waals surface area contributed by atoms with E-state index >= 15 is 0 Å². The van der Waals surface area contributed by atoms with E-state index < -0.39 is 0 Å². The molecule has 0 spiro atoms. The molecule has 2 aromatic carbocycles. The topological polar surface area (TPSA) is 75.7 Å². The average Bonchev–Trinajstić information content (AvgIpc) is 3.51. The molecule has 0 aliphatic carbocycles. The first-order valence-corrected chi connectivity index (χ1v) is 12.2. The van der Waals surface area contributed by atoms with Crippen molar-refractivity contribution in [3.63, 3.8) is 0 Å². The summed E-state index contributed by atoms with van der Waals surface area (Å²) in [6.45, 7) is 4.49. The second kappa shape index (κ2) is 9.80. The van der Waals surface area contributed by atoms with Crippen molar-refractivity contribution < 1.29 is 14.3 Å². The molecule has 33 heavy (non-hydrogen) atoms. The molecule has 3 heterocycles. The normalized spacial score (nSPS) is 16.6. The molecule has 5 rings (SSSR count). The van der Waals surface area contributed by atoms with Gasteiger partial charge in [-0.15, -0.1) is 11.3 Å². The number of nitrogens with zero attached hydrogens (tertiary/aromatic N) is 2. The molecule has 1 fully saturated rings. The molecule has 1 saturated heterocycles. The van der Waals surface area contributed by atoms with Gasteiger partial charge in [0.15, 0.2) is 11.5 Å². The summed E-state index contributed by atoms with van der Waals surface area (Å²) in [4.78, 5) is 20.5. The zero-order valence-electron chi connectivity index (χ0n) is 18.6. The van der Waals surface area contributed by atoms with Crippen LogP contribution in [0.2, 0.25) is 0 Å². The van der Waals surface area contributed by atoms with Crippen LogP contribution in [-0.2, 0) is 6.42 Å². The number of nitrogens with one attached hydrogen (secondary N) is 2. The highest BCUT2D eigenvalue weighted by molar-refractivity contribution is 7.09. The molecule has 2 aliphatic rings. The number of carbonyl (C=O) groups is 1. The molecule has 0 bridgehead atoms. The van der Waals surface area contributed by atoms with Crippen LogP contribution in [0.4, 0.5) is 11.4 Å². The summed E-state index contributed by atoms with van der Waals surface area (Å²) < 4.78 is 10.7. The Morgan fingerprint density at radius 3 is 2.70 bits per heavy atom. The van der Waals surface area contributed by atoms with E-state index in [-0.39, 0.29) is 12.7 Å². The maximum Gasteiger partial charge on any atom is 0.255 e. The molecule has 0 unspecified atom stereocenters. The van der Waals surface area contributed by atoms with Crippen LogP contribution in [-0.4, -0.2) is 42.9 Å². The van der Waals surface area contributed by atoms with E-state index in [2.05, 4.69) is 39.6 Å². The lowest BCUT2D eigenvalue weighted by Crippen LogP contribution is -2.46. The third-order valence-corrected chi connectivity index (χ3v) is 6.93. The first kappa shape index (κ1) is 21.7. The van der Waals surface area contributed by atoms with Crippen molar-refractivity contribution in [2.75, 3.05) is 30.1 Å². The van der Waals surface area contributed by atoms with Gasteiger partial charge in [-0.3, -0.25) is 9.78 Å². The molecule has 2 N–H and O–H groups in total. The van der Waals surface area contributed by atoms with Crippen molar-refractivity contribution in [2.24, 2.45) is 0 Å². The number of ether oxygens (including phenoxy) is 2. The predicted molar refractivity (Wildman–Crippen MR) is 131 cm³/mol. The minimum absolute atomic E-state index is 0.166. The number of aromatic nitrogens is 1. The van der Waals surface area contributed by atoms with E-state index in [1.54, 1.807) is 29.5 Å². The summed E-state index contributed by atoms with van der Waals surface area (Å²) in [5.41, 5.74) is 4.40. The van der Waals surface area contributed by atoms with Gasteiger partial charge in [0.1, 0.15) is 0 Å². The minimum Gasteiger partial charge on any atom is -0.454 e. The molecular formula is C25H28N4O3S. The highest BCUT2D eigenvalue weighted by Crippen LogP contribution is 2.32. The van der Waals surface area contributed by atoms with Crippen LogP contribution in [0.1, 0.15) is 35.0 Å². The van der Waals surface area contributed by atoms with E-state index in [0.717, 1.165) is 38.0 Å². The molecule has 3 aromatic rings. The monoisotopic (exact) mass is 464 g/mol. The molecule has 172 valence electrons. The van der Waals surface area contributed by atoms with Crippen LogP contribution in [0, 0.1) is 0 Å². The van der Waals surface area contributed by atoms with E-state index in [1.807, 2.05) is 23.8 Å². The molecule has 0 saturated carbocycles. The molecule has 2 aliphatic heterocycles. The highest BCUT2D eigenvalue weighted by atomic mass is 32.1. The number of fused-ring (bicyclic) bond motifs is 1. The van der Waals surface area contributed by atoms with Gasteiger partial charge >= 0.3 is 0 Å². The summed E-state index contributed by atoms with van der Waals surface area (Å²) in [7, 11) is 0. The molecule has 1 aromatic heterocycles. The van der Waals surface area contributed by atoms with Gasteiger partial charge in [0.25, 0.3) is 5.91 Å². The van der Waals surface area contributed by atoms with Crippen LogP contribution >= 0.6 is 11.3 Å². The van der Waals surface area contributed by atoms with Crippen molar-refractivity contribution in [3.05, 3.63) is 64.6 Å². The van der Waals surface area contributed by atoms with Crippen LogP contribution < -0.4 is 25.0 Å². The van der Waals surface area contributed by atoms with E-state index in [1.165, 1.54) is 10.6 Å². The van der Waals surface area contributed by atoms with Gasteiger partial charge in [0.2, 0.25) is 6.79 Å². The smallest absolute Gasteiger partial charge is 0.255 e. The van der Waals surface area contributed by atoms with Gasteiger partial charge in [0.05, 0.1) is 5.51 Å². The number of thiazole rings is 1. The minimum atomic E-state index is -0.166. The lowest BCUT2D eigenvalue weighted by Gasteiger charge is -2.35. The SMILES string of the molecule is C[C@H](Cc1cncs1)NC1CCN(c2ccc(NC(=O)c3ccc4c(c3)OCO4)cc2)CC1. The van der Waals surface area contributed by atoms with Crippen LogP contribution in [0.3, 0.4) is 0 Å². The third-order valence-electron chi connectivity index (χ3n) is 6.13. The van der Waals surface area contributed by atoms with Crippen LogP contribution in [0.15, 0.2) is 54.2 Å². The number of carbonyl (C=O) groups excluding carboxylic acids is 1. The van der Waals surface area contributed by atoms with Gasteiger partial charge in [-0.25, -0.2) is 0 Å². The van der Waals surface area contributed by atoms with Gasteiger partial charge in [-0.2, -0.15) is 0 Å². The first-order chi connectivity index (χ1) is 16.1.